The summed E-state index contributed by atoms with van der Waals surface area (Å²) in [6, 6.07) is -0.472. The summed E-state index contributed by atoms with van der Waals surface area (Å²) >= 11 is 5.65. The molecule has 22 heavy (non-hydrogen) atoms. The minimum absolute atomic E-state index is 0.0641. The third kappa shape index (κ3) is 6.41. The van der Waals surface area contributed by atoms with Gasteiger partial charge in [-0.25, -0.2) is 4.84 Å². The second-order valence-electron chi connectivity index (χ2n) is 6.34. The van der Waals surface area contributed by atoms with Crippen molar-refractivity contribution in [3.05, 3.63) is 0 Å². The summed E-state index contributed by atoms with van der Waals surface area (Å²) in [5.41, 5.74) is 0. The van der Waals surface area contributed by atoms with Crippen LogP contribution in [0, 0.1) is 5.92 Å². The van der Waals surface area contributed by atoms with Gasteiger partial charge in [0.05, 0.1) is 6.10 Å². The predicted octanol–water partition coefficient (Wildman–Crippen LogP) is 3.05. The minimum Gasteiger partial charge on any atom is -0.459 e. The largest absolute Gasteiger partial charge is 0.459 e. The molecular weight excluding hydrogens is 306 g/mol. The van der Waals surface area contributed by atoms with Gasteiger partial charge in [0.25, 0.3) is 0 Å². The Morgan fingerprint density at radius 2 is 2.09 bits per heavy atom. The number of nitrogens with one attached hydrogen (secondary N) is 1. The van der Waals surface area contributed by atoms with Crippen molar-refractivity contribution < 1.29 is 19.0 Å². The van der Waals surface area contributed by atoms with E-state index in [-0.39, 0.29) is 24.3 Å². The highest BCUT2D eigenvalue weighted by Crippen LogP contribution is 2.22. The lowest BCUT2D eigenvalue weighted by molar-refractivity contribution is -0.168. The normalized spacial score (nSPS) is 30.5. The Bertz CT molecular complexity index is 327. The molecule has 0 spiro atoms. The van der Waals surface area contributed by atoms with E-state index < -0.39 is 6.04 Å². The molecule has 5 nitrogen and oxygen atoms in total. The average Bonchev–Trinajstić information content (AvgIpc) is 2.52. The highest BCUT2D eigenvalue weighted by Gasteiger charge is 2.34. The molecule has 0 aromatic heterocycles. The summed E-state index contributed by atoms with van der Waals surface area (Å²) in [5.74, 6) is 0.131. The third-order valence-electron chi connectivity index (χ3n) is 3.69. The summed E-state index contributed by atoms with van der Waals surface area (Å²) in [4.78, 5) is 14.6. The maximum Gasteiger partial charge on any atom is 0.324 e. The number of hydrogen-bond acceptors (Lipinski definition) is 5. The summed E-state index contributed by atoms with van der Waals surface area (Å²) in [6.45, 7) is 9.46. The van der Waals surface area contributed by atoms with Crippen molar-refractivity contribution in [3.63, 3.8) is 0 Å². The van der Waals surface area contributed by atoms with Gasteiger partial charge in [-0.1, -0.05) is 20.8 Å². The monoisotopic (exact) mass is 335 g/mol. The predicted molar refractivity (Wildman–Crippen MR) is 86.8 cm³/mol. The molecule has 130 valence electrons. The first-order valence-corrected chi connectivity index (χ1v) is 8.67. The van der Waals surface area contributed by atoms with Crippen molar-refractivity contribution in [2.75, 3.05) is 13.2 Å². The van der Waals surface area contributed by atoms with Gasteiger partial charge < -0.3 is 14.2 Å². The number of hydrogen-bond donors (Lipinski definition) is 1. The lowest BCUT2D eigenvalue weighted by Gasteiger charge is -2.31. The molecule has 0 radical (unpaired) electrons. The topological polar surface area (TPSA) is 56.8 Å². The van der Waals surface area contributed by atoms with Crippen LogP contribution < -0.4 is 4.84 Å². The zero-order chi connectivity index (χ0) is 16.5. The number of carbonyl (C=O) groups is 1. The quantitative estimate of drug-likeness (QED) is 0.572. The van der Waals surface area contributed by atoms with Crippen molar-refractivity contribution in [1.29, 1.82) is 0 Å². The number of ether oxygens (including phenoxy) is 3. The first-order chi connectivity index (χ1) is 10.5. The Kier molecular flexibility index (Phi) is 9.33. The van der Waals surface area contributed by atoms with Crippen LogP contribution in [-0.2, 0) is 19.0 Å². The van der Waals surface area contributed by atoms with Gasteiger partial charge in [-0.15, -0.1) is 0 Å². The van der Waals surface area contributed by atoms with Crippen LogP contribution in [0.15, 0.2) is 0 Å². The van der Waals surface area contributed by atoms with Gasteiger partial charge in [0.2, 0.25) is 0 Å². The molecule has 0 aliphatic carbocycles. The lowest BCUT2D eigenvalue weighted by Crippen LogP contribution is -2.43. The van der Waals surface area contributed by atoms with E-state index in [1.165, 1.54) is 0 Å². The van der Waals surface area contributed by atoms with Gasteiger partial charge in [0.15, 0.2) is 0 Å². The fourth-order valence-corrected chi connectivity index (χ4v) is 2.73. The van der Waals surface area contributed by atoms with E-state index in [9.17, 15) is 4.79 Å². The van der Waals surface area contributed by atoms with Gasteiger partial charge >= 0.3 is 5.97 Å². The molecule has 1 rings (SSSR count). The smallest absolute Gasteiger partial charge is 0.324 e. The second kappa shape index (κ2) is 10.4. The van der Waals surface area contributed by atoms with Crippen molar-refractivity contribution in [3.8, 4) is 0 Å². The van der Waals surface area contributed by atoms with Crippen LogP contribution in [0.3, 0.4) is 0 Å². The van der Waals surface area contributed by atoms with Gasteiger partial charge in [-0.2, -0.15) is 0 Å². The van der Waals surface area contributed by atoms with E-state index in [1.807, 2.05) is 6.92 Å². The van der Waals surface area contributed by atoms with Crippen LogP contribution in [0.2, 0.25) is 0 Å². The highest BCUT2D eigenvalue weighted by atomic mass is 35.5. The Morgan fingerprint density at radius 1 is 1.36 bits per heavy atom. The Hall–Kier alpha value is -0.360. The Labute approximate surface area is 139 Å². The molecule has 4 atom stereocenters. The fourth-order valence-electron chi connectivity index (χ4n) is 2.53. The van der Waals surface area contributed by atoms with Crippen molar-refractivity contribution in [2.24, 2.45) is 5.92 Å². The Morgan fingerprint density at radius 3 is 2.68 bits per heavy atom. The van der Waals surface area contributed by atoms with Crippen LogP contribution in [0.25, 0.3) is 0 Å². The maximum absolute atomic E-state index is 12.1. The van der Waals surface area contributed by atoms with Crippen LogP contribution in [0.4, 0.5) is 0 Å². The maximum atomic E-state index is 12.1. The van der Waals surface area contributed by atoms with E-state index in [2.05, 4.69) is 25.6 Å². The first-order valence-electron chi connectivity index (χ1n) is 8.29. The summed E-state index contributed by atoms with van der Waals surface area (Å²) in [5, 5.41) is 0. The second-order valence-corrected chi connectivity index (χ2v) is 6.55. The van der Waals surface area contributed by atoms with E-state index >= 15 is 0 Å². The van der Waals surface area contributed by atoms with Crippen LogP contribution in [-0.4, -0.2) is 43.5 Å². The first kappa shape index (κ1) is 19.7. The van der Waals surface area contributed by atoms with Crippen LogP contribution in [0.5, 0.6) is 0 Å². The summed E-state index contributed by atoms with van der Waals surface area (Å²) in [6.07, 6.45) is 2.55. The molecule has 6 heteroatoms. The molecule has 0 saturated carbocycles. The van der Waals surface area contributed by atoms with Crippen LogP contribution in [0.1, 0.15) is 53.4 Å². The van der Waals surface area contributed by atoms with Gasteiger partial charge in [-0.05, 0) is 50.3 Å². The molecule has 1 aliphatic heterocycles. The zero-order valence-electron chi connectivity index (χ0n) is 14.1. The number of esters is 1. The number of carbonyl (C=O) groups excluding carboxylic acids is 1. The molecule has 1 fully saturated rings. The molecule has 0 bridgehead atoms. The van der Waals surface area contributed by atoms with Crippen LogP contribution >= 0.6 is 11.8 Å². The zero-order valence-corrected chi connectivity index (χ0v) is 14.9. The molecule has 1 N–H and O–H groups in total. The fraction of sp³-hybridized carbons (Fsp3) is 0.938. The number of rotatable bonds is 7. The van der Waals surface area contributed by atoms with E-state index in [0.29, 0.717) is 25.6 Å². The van der Waals surface area contributed by atoms with E-state index in [4.69, 9.17) is 26.0 Å². The highest BCUT2D eigenvalue weighted by molar-refractivity contribution is 6.14. The molecule has 1 saturated heterocycles. The van der Waals surface area contributed by atoms with Gasteiger partial charge in [-0.3, -0.25) is 4.79 Å². The molecule has 1 heterocycles. The van der Waals surface area contributed by atoms with E-state index in [0.717, 1.165) is 19.3 Å². The SMILES string of the molecule is CCCO[C@H]1[C@H](C)OC(=O)[C@@H](NCl)CCC[C@@H]1OCC(C)C. The van der Waals surface area contributed by atoms with Gasteiger partial charge in [0.1, 0.15) is 18.2 Å². The standard InChI is InChI=1S/C16H30ClNO4/c1-5-9-20-15-12(4)22-16(19)13(18-17)7-6-8-14(15)21-10-11(2)3/h11-15,18H,5-10H2,1-4H3/t12-,13-,14-,15-/m0/s1. The van der Waals surface area contributed by atoms with E-state index in [1.54, 1.807) is 0 Å². The average molecular weight is 336 g/mol. The van der Waals surface area contributed by atoms with Crippen molar-refractivity contribution in [2.45, 2.75) is 77.7 Å². The summed E-state index contributed by atoms with van der Waals surface area (Å²) in [7, 11) is 0. The van der Waals surface area contributed by atoms with Crippen molar-refractivity contribution in [1.82, 2.24) is 4.84 Å². The number of halogens is 1. The van der Waals surface area contributed by atoms with Crippen molar-refractivity contribution >= 4 is 17.7 Å². The minimum atomic E-state index is -0.472. The molecule has 0 aromatic carbocycles. The molecule has 0 aromatic rings. The Balaban J connectivity index is 2.81. The molecular formula is C16H30ClNO4. The third-order valence-corrected chi connectivity index (χ3v) is 3.95. The molecule has 1 aliphatic rings. The number of cyclic esters (lactones) is 1. The lowest BCUT2D eigenvalue weighted by atomic mass is 10.0. The van der Waals surface area contributed by atoms with Gasteiger partial charge in [0, 0.05) is 13.2 Å². The summed E-state index contributed by atoms with van der Waals surface area (Å²) < 4.78 is 17.5. The molecule has 0 amide bonds. The molecule has 0 unspecified atom stereocenters.